The molecule has 0 bridgehead atoms. The van der Waals surface area contributed by atoms with Crippen LogP contribution in [-0.2, 0) is 0 Å². The summed E-state index contributed by atoms with van der Waals surface area (Å²) in [6.45, 7) is 5.19. The van der Waals surface area contributed by atoms with Gasteiger partial charge in [-0.3, -0.25) is 4.99 Å². The van der Waals surface area contributed by atoms with Crippen LogP contribution in [-0.4, -0.2) is 36.7 Å². The third-order valence-corrected chi connectivity index (χ3v) is 4.56. The summed E-state index contributed by atoms with van der Waals surface area (Å²) in [5, 5.41) is 7.26. The predicted molar refractivity (Wildman–Crippen MR) is 123 cm³/mol. The second-order valence-electron chi connectivity index (χ2n) is 6.94. The lowest BCUT2D eigenvalue weighted by Gasteiger charge is -2.38. The number of guanidine groups is 1. The predicted octanol–water partition coefficient (Wildman–Crippen LogP) is 4.20. The van der Waals surface area contributed by atoms with E-state index in [-0.39, 0.29) is 35.6 Å². The molecule has 0 aliphatic carbocycles. The molecule has 0 fully saturated rings. The van der Waals surface area contributed by atoms with Crippen molar-refractivity contribution in [2.75, 3.05) is 20.2 Å². The number of benzene rings is 1. The van der Waals surface area contributed by atoms with E-state index in [2.05, 4.69) is 40.5 Å². The third-order valence-electron chi connectivity index (χ3n) is 4.27. The fourth-order valence-corrected chi connectivity index (χ4v) is 3.26. The van der Waals surface area contributed by atoms with E-state index in [1.54, 1.807) is 25.4 Å². The van der Waals surface area contributed by atoms with Crippen molar-refractivity contribution in [1.29, 1.82) is 0 Å². The summed E-state index contributed by atoms with van der Waals surface area (Å²) in [7, 11) is 1.75. The first-order chi connectivity index (χ1) is 13.0. The molecule has 6 nitrogen and oxygen atoms in total. The van der Waals surface area contributed by atoms with E-state index in [4.69, 9.17) is 21.1 Å². The fourth-order valence-electron chi connectivity index (χ4n) is 3.09. The molecule has 152 valence electrons. The Morgan fingerprint density at radius 2 is 2.11 bits per heavy atom. The number of halogens is 2. The molecule has 2 N–H and O–H groups in total. The second-order valence-corrected chi connectivity index (χ2v) is 7.35. The van der Waals surface area contributed by atoms with E-state index < -0.39 is 0 Å². The smallest absolute Gasteiger partial charge is 0.232 e. The molecule has 28 heavy (non-hydrogen) atoms. The van der Waals surface area contributed by atoms with E-state index >= 15 is 0 Å². The zero-order valence-electron chi connectivity index (χ0n) is 16.2. The van der Waals surface area contributed by atoms with E-state index in [0.717, 1.165) is 17.7 Å². The maximum atomic E-state index is 6.08. The standard InChI is InChI=1S/C20H25ClN4O2.HI/c1-20(2)13-16(14-7-4-5-9-17(14)27-20)25-19(22-3)24-11-12-26-18-15(21)8-6-10-23-18;/h4-10,16H,11-13H2,1-3H3,(H2,22,24,25);1H. The third kappa shape index (κ3) is 5.88. The molecule has 1 unspecified atom stereocenters. The van der Waals surface area contributed by atoms with Gasteiger partial charge >= 0.3 is 0 Å². The van der Waals surface area contributed by atoms with Crippen molar-refractivity contribution in [3.8, 4) is 11.6 Å². The molecule has 0 spiro atoms. The number of ether oxygens (including phenoxy) is 2. The highest BCUT2D eigenvalue weighted by Crippen LogP contribution is 2.39. The van der Waals surface area contributed by atoms with E-state index in [9.17, 15) is 0 Å². The van der Waals surface area contributed by atoms with Crippen molar-refractivity contribution in [1.82, 2.24) is 15.6 Å². The molecule has 1 atom stereocenters. The summed E-state index contributed by atoms with van der Waals surface area (Å²) in [6.07, 6.45) is 2.49. The molecule has 0 amide bonds. The van der Waals surface area contributed by atoms with Crippen molar-refractivity contribution in [3.63, 3.8) is 0 Å². The fraction of sp³-hybridized carbons (Fsp3) is 0.400. The van der Waals surface area contributed by atoms with Gasteiger partial charge in [-0.1, -0.05) is 29.8 Å². The minimum Gasteiger partial charge on any atom is -0.487 e. The molecular formula is C20H26ClIN4O2. The number of para-hydroxylation sites is 1. The minimum atomic E-state index is -0.246. The number of rotatable bonds is 5. The van der Waals surface area contributed by atoms with Gasteiger partial charge in [0.1, 0.15) is 23.0 Å². The molecule has 2 aromatic rings. The number of nitrogens with zero attached hydrogens (tertiary/aromatic N) is 2. The zero-order chi connectivity index (χ0) is 19.3. The highest BCUT2D eigenvalue weighted by atomic mass is 127. The van der Waals surface area contributed by atoms with Crippen LogP contribution in [0.15, 0.2) is 47.6 Å². The van der Waals surface area contributed by atoms with Crippen LogP contribution in [0.3, 0.4) is 0 Å². The number of nitrogens with one attached hydrogen (secondary N) is 2. The number of fused-ring (bicyclic) bond motifs is 1. The Hall–Kier alpha value is -1.74. The summed E-state index contributed by atoms with van der Waals surface area (Å²) in [4.78, 5) is 8.43. The molecule has 3 rings (SSSR count). The minimum absolute atomic E-state index is 0. The van der Waals surface area contributed by atoms with E-state index in [1.165, 1.54) is 0 Å². The van der Waals surface area contributed by atoms with Crippen molar-refractivity contribution < 1.29 is 9.47 Å². The number of hydrogen-bond donors (Lipinski definition) is 2. The van der Waals surface area contributed by atoms with Gasteiger partial charge in [0.2, 0.25) is 5.88 Å². The average Bonchev–Trinajstić information content (AvgIpc) is 2.64. The Balaban J connectivity index is 0.00000280. The number of hydrogen-bond acceptors (Lipinski definition) is 4. The van der Waals surface area contributed by atoms with Gasteiger partial charge in [0.05, 0.1) is 12.6 Å². The Kier molecular flexibility index (Phi) is 8.18. The molecule has 1 aliphatic rings. The Labute approximate surface area is 188 Å². The van der Waals surface area contributed by atoms with Crippen LogP contribution >= 0.6 is 35.6 Å². The molecule has 1 aliphatic heterocycles. The number of aromatic nitrogens is 1. The first-order valence-corrected chi connectivity index (χ1v) is 9.35. The molecule has 0 saturated heterocycles. The van der Waals surface area contributed by atoms with Crippen LogP contribution in [0.25, 0.3) is 0 Å². The molecule has 2 heterocycles. The maximum Gasteiger partial charge on any atom is 0.232 e. The normalized spacial score (nSPS) is 17.6. The van der Waals surface area contributed by atoms with E-state index in [0.29, 0.717) is 30.0 Å². The molecule has 1 aromatic carbocycles. The van der Waals surface area contributed by atoms with Gasteiger partial charge in [-0.2, -0.15) is 0 Å². The monoisotopic (exact) mass is 516 g/mol. The summed E-state index contributed by atoms with van der Waals surface area (Å²) in [6, 6.07) is 11.7. The largest absolute Gasteiger partial charge is 0.487 e. The highest BCUT2D eigenvalue weighted by Gasteiger charge is 2.33. The van der Waals surface area contributed by atoms with Crippen LogP contribution in [0.5, 0.6) is 11.6 Å². The van der Waals surface area contributed by atoms with Gasteiger partial charge < -0.3 is 20.1 Å². The van der Waals surface area contributed by atoms with Gasteiger partial charge in [-0.15, -0.1) is 24.0 Å². The second kappa shape index (κ2) is 10.2. The number of aliphatic imine (C=N–C) groups is 1. The first-order valence-electron chi connectivity index (χ1n) is 8.97. The Morgan fingerprint density at radius 3 is 2.86 bits per heavy atom. The molecular weight excluding hydrogens is 491 g/mol. The summed E-state index contributed by atoms with van der Waals surface area (Å²) in [5.41, 5.74) is 0.889. The quantitative estimate of drug-likeness (QED) is 0.270. The van der Waals surface area contributed by atoms with Gasteiger partial charge in [0, 0.05) is 25.2 Å². The van der Waals surface area contributed by atoms with Crippen LogP contribution in [0, 0.1) is 0 Å². The van der Waals surface area contributed by atoms with Crippen LogP contribution in [0.4, 0.5) is 0 Å². The Bertz CT molecular complexity index is 816. The lowest BCUT2D eigenvalue weighted by molar-refractivity contribution is 0.0694. The lowest BCUT2D eigenvalue weighted by Crippen LogP contribution is -2.46. The zero-order valence-corrected chi connectivity index (χ0v) is 19.3. The van der Waals surface area contributed by atoms with Crippen LogP contribution < -0.4 is 20.1 Å². The van der Waals surface area contributed by atoms with Gasteiger partial charge in [-0.05, 0) is 32.0 Å². The van der Waals surface area contributed by atoms with Crippen molar-refractivity contribution in [3.05, 3.63) is 53.2 Å². The van der Waals surface area contributed by atoms with Crippen molar-refractivity contribution in [2.24, 2.45) is 4.99 Å². The van der Waals surface area contributed by atoms with Crippen LogP contribution in [0.2, 0.25) is 5.02 Å². The Morgan fingerprint density at radius 1 is 1.32 bits per heavy atom. The van der Waals surface area contributed by atoms with Crippen molar-refractivity contribution in [2.45, 2.75) is 31.9 Å². The molecule has 0 saturated carbocycles. The first kappa shape index (κ1) is 22.5. The molecule has 8 heteroatoms. The summed E-state index contributed by atoms with van der Waals surface area (Å²) in [5.74, 6) is 2.06. The molecule has 0 radical (unpaired) electrons. The van der Waals surface area contributed by atoms with Crippen molar-refractivity contribution >= 4 is 41.5 Å². The average molecular weight is 517 g/mol. The van der Waals surface area contributed by atoms with Crippen LogP contribution in [0.1, 0.15) is 31.9 Å². The van der Waals surface area contributed by atoms with Gasteiger partial charge in [-0.25, -0.2) is 4.98 Å². The SMILES string of the molecule is CN=C(NCCOc1ncccc1Cl)NC1CC(C)(C)Oc2ccccc21.I. The van der Waals surface area contributed by atoms with Gasteiger partial charge in [0.25, 0.3) is 0 Å². The highest BCUT2D eigenvalue weighted by molar-refractivity contribution is 14.0. The maximum absolute atomic E-state index is 6.08. The molecule has 1 aromatic heterocycles. The number of pyridine rings is 1. The summed E-state index contributed by atoms with van der Waals surface area (Å²) < 4.78 is 11.7. The summed E-state index contributed by atoms with van der Waals surface area (Å²) >= 11 is 6.04. The topological polar surface area (TPSA) is 67.8 Å². The van der Waals surface area contributed by atoms with E-state index in [1.807, 2.05) is 18.2 Å². The van der Waals surface area contributed by atoms with Gasteiger partial charge in [0.15, 0.2) is 5.96 Å². The lowest BCUT2D eigenvalue weighted by atomic mass is 9.90.